The maximum absolute atomic E-state index is 5.87. The Morgan fingerprint density at radius 2 is 1.78 bits per heavy atom. The third-order valence-corrected chi connectivity index (χ3v) is 2.50. The third kappa shape index (κ3) is 12.3. The normalized spacial score (nSPS) is 14.2. The van der Waals surface area contributed by atoms with Gasteiger partial charge < -0.3 is 14.8 Å². The van der Waals surface area contributed by atoms with Gasteiger partial charge in [0.15, 0.2) is 0 Å². The molecule has 0 rings (SSSR count). The first-order valence-corrected chi connectivity index (χ1v) is 7.29. The number of ether oxygens (including phenoxy) is 2. The van der Waals surface area contributed by atoms with Gasteiger partial charge >= 0.3 is 0 Å². The Balaban J connectivity index is 3.69. The molecule has 0 amide bonds. The first-order valence-electron chi connectivity index (χ1n) is 7.29. The van der Waals surface area contributed by atoms with Gasteiger partial charge in [0.1, 0.15) is 0 Å². The molecule has 0 aromatic rings. The largest absolute Gasteiger partial charge is 0.379 e. The van der Waals surface area contributed by atoms with Crippen LogP contribution >= 0.6 is 0 Å². The van der Waals surface area contributed by atoms with Crippen molar-refractivity contribution >= 4 is 0 Å². The van der Waals surface area contributed by atoms with E-state index in [9.17, 15) is 0 Å². The number of hydrogen-bond donors (Lipinski definition) is 1. The quantitative estimate of drug-likeness (QED) is 0.611. The zero-order valence-corrected chi connectivity index (χ0v) is 13.2. The molecule has 1 unspecified atom stereocenters. The molecule has 1 N–H and O–H groups in total. The zero-order valence-electron chi connectivity index (χ0n) is 13.2. The van der Waals surface area contributed by atoms with Gasteiger partial charge in [-0.05, 0) is 33.1 Å². The highest BCUT2D eigenvalue weighted by molar-refractivity contribution is 4.73. The molecular weight excluding hydrogens is 226 g/mol. The van der Waals surface area contributed by atoms with Gasteiger partial charge in [0, 0.05) is 18.7 Å². The molecule has 0 fully saturated rings. The van der Waals surface area contributed by atoms with E-state index in [4.69, 9.17) is 9.47 Å². The second kappa shape index (κ2) is 9.76. The van der Waals surface area contributed by atoms with Crippen LogP contribution in [0.1, 0.15) is 54.4 Å². The van der Waals surface area contributed by atoms with E-state index < -0.39 is 0 Å². The molecule has 110 valence electrons. The molecule has 0 radical (unpaired) electrons. The van der Waals surface area contributed by atoms with Crippen LogP contribution in [0.5, 0.6) is 0 Å². The monoisotopic (exact) mass is 259 g/mol. The summed E-state index contributed by atoms with van der Waals surface area (Å²) in [6.07, 6.45) is 2.56. The molecule has 0 aliphatic carbocycles. The van der Waals surface area contributed by atoms with Crippen LogP contribution in [0.2, 0.25) is 0 Å². The summed E-state index contributed by atoms with van der Waals surface area (Å²) >= 11 is 0. The van der Waals surface area contributed by atoms with Crippen molar-refractivity contribution in [2.24, 2.45) is 5.92 Å². The van der Waals surface area contributed by atoms with Crippen LogP contribution in [0, 0.1) is 5.92 Å². The van der Waals surface area contributed by atoms with Gasteiger partial charge in [0.05, 0.1) is 19.3 Å². The number of hydrogen-bond acceptors (Lipinski definition) is 3. The third-order valence-electron chi connectivity index (χ3n) is 2.50. The Hall–Kier alpha value is -0.120. The van der Waals surface area contributed by atoms with Gasteiger partial charge in [0.25, 0.3) is 0 Å². The van der Waals surface area contributed by atoms with Crippen molar-refractivity contribution in [3.8, 4) is 0 Å². The summed E-state index contributed by atoms with van der Waals surface area (Å²) < 4.78 is 11.4. The molecule has 0 aliphatic heterocycles. The summed E-state index contributed by atoms with van der Waals surface area (Å²) in [5, 5.41) is 3.50. The number of rotatable bonds is 10. The van der Waals surface area contributed by atoms with Gasteiger partial charge in [-0.3, -0.25) is 0 Å². The summed E-state index contributed by atoms with van der Waals surface area (Å²) in [5.41, 5.74) is 0.156. The summed E-state index contributed by atoms with van der Waals surface area (Å²) in [6.45, 7) is 16.2. The van der Waals surface area contributed by atoms with Gasteiger partial charge in [-0.15, -0.1) is 0 Å². The highest BCUT2D eigenvalue weighted by Crippen LogP contribution is 2.05. The molecule has 0 spiro atoms. The molecule has 0 aromatic heterocycles. The van der Waals surface area contributed by atoms with Crippen LogP contribution in [0.3, 0.4) is 0 Å². The van der Waals surface area contributed by atoms with E-state index in [0.29, 0.717) is 25.2 Å². The molecule has 0 bridgehead atoms. The highest BCUT2D eigenvalue weighted by atomic mass is 16.5. The molecule has 3 heteroatoms. The molecular formula is C15H33NO2. The average molecular weight is 259 g/mol. The van der Waals surface area contributed by atoms with Crippen molar-refractivity contribution in [2.75, 3.05) is 26.4 Å². The molecule has 0 saturated heterocycles. The Labute approximate surface area is 114 Å². The Morgan fingerprint density at radius 3 is 2.28 bits per heavy atom. The molecule has 18 heavy (non-hydrogen) atoms. The molecule has 0 aromatic carbocycles. The topological polar surface area (TPSA) is 30.5 Å². The van der Waals surface area contributed by atoms with E-state index in [-0.39, 0.29) is 5.54 Å². The second-order valence-electron chi connectivity index (χ2n) is 6.38. The lowest BCUT2D eigenvalue weighted by Crippen LogP contribution is -2.41. The summed E-state index contributed by atoms with van der Waals surface area (Å²) in [6, 6.07) is 0. The Morgan fingerprint density at radius 1 is 1.11 bits per heavy atom. The van der Waals surface area contributed by atoms with Gasteiger partial charge in [-0.2, -0.15) is 0 Å². The van der Waals surface area contributed by atoms with E-state index in [0.717, 1.165) is 26.0 Å². The predicted molar refractivity (Wildman–Crippen MR) is 78.1 cm³/mol. The predicted octanol–water partition coefficient (Wildman–Crippen LogP) is 3.23. The lowest BCUT2D eigenvalue weighted by atomic mass is 10.1. The van der Waals surface area contributed by atoms with E-state index in [1.807, 2.05) is 0 Å². The standard InChI is InChI=1S/C15H33NO2/c1-7-8-14(11-16-15(4,5)6)18-10-9-17-12-13(2)3/h13-14,16H,7-12H2,1-6H3. The highest BCUT2D eigenvalue weighted by Gasteiger charge is 2.13. The summed E-state index contributed by atoms with van der Waals surface area (Å²) in [7, 11) is 0. The van der Waals surface area contributed by atoms with Crippen LogP contribution in [0.4, 0.5) is 0 Å². The van der Waals surface area contributed by atoms with Crippen LogP contribution < -0.4 is 5.32 Å². The van der Waals surface area contributed by atoms with Crippen molar-refractivity contribution in [2.45, 2.75) is 66.0 Å². The van der Waals surface area contributed by atoms with Crippen LogP contribution in [0.25, 0.3) is 0 Å². The molecule has 1 atom stereocenters. The maximum Gasteiger partial charge on any atom is 0.0704 e. The Kier molecular flexibility index (Phi) is 9.70. The van der Waals surface area contributed by atoms with Crippen molar-refractivity contribution in [1.29, 1.82) is 0 Å². The fourth-order valence-electron chi connectivity index (χ4n) is 1.58. The first kappa shape index (κ1) is 17.9. The number of nitrogens with one attached hydrogen (secondary N) is 1. The van der Waals surface area contributed by atoms with Crippen molar-refractivity contribution in [3.05, 3.63) is 0 Å². The minimum absolute atomic E-state index is 0.156. The van der Waals surface area contributed by atoms with Crippen molar-refractivity contribution in [1.82, 2.24) is 5.32 Å². The van der Waals surface area contributed by atoms with E-state index >= 15 is 0 Å². The summed E-state index contributed by atoms with van der Waals surface area (Å²) in [4.78, 5) is 0. The van der Waals surface area contributed by atoms with E-state index in [1.165, 1.54) is 0 Å². The van der Waals surface area contributed by atoms with Gasteiger partial charge in [-0.25, -0.2) is 0 Å². The SMILES string of the molecule is CCCC(CNC(C)(C)C)OCCOCC(C)C. The zero-order chi connectivity index (χ0) is 14.0. The first-order chi connectivity index (χ1) is 8.35. The average Bonchev–Trinajstić information content (AvgIpc) is 2.23. The summed E-state index contributed by atoms with van der Waals surface area (Å²) in [5.74, 6) is 0.596. The van der Waals surface area contributed by atoms with E-state index in [1.54, 1.807) is 0 Å². The fourth-order valence-corrected chi connectivity index (χ4v) is 1.58. The van der Waals surface area contributed by atoms with Crippen LogP contribution in [-0.4, -0.2) is 38.0 Å². The van der Waals surface area contributed by atoms with Gasteiger partial charge in [-0.1, -0.05) is 27.2 Å². The Bertz CT molecular complexity index is 187. The molecule has 0 heterocycles. The minimum Gasteiger partial charge on any atom is -0.379 e. The lowest BCUT2D eigenvalue weighted by molar-refractivity contribution is -0.00543. The molecule has 0 aliphatic rings. The van der Waals surface area contributed by atoms with Gasteiger partial charge in [0.2, 0.25) is 0 Å². The van der Waals surface area contributed by atoms with Crippen molar-refractivity contribution in [3.63, 3.8) is 0 Å². The van der Waals surface area contributed by atoms with Crippen molar-refractivity contribution < 1.29 is 9.47 Å². The lowest BCUT2D eigenvalue weighted by Gasteiger charge is -2.25. The molecule has 3 nitrogen and oxygen atoms in total. The minimum atomic E-state index is 0.156. The van der Waals surface area contributed by atoms with Crippen LogP contribution in [-0.2, 0) is 9.47 Å². The smallest absolute Gasteiger partial charge is 0.0704 e. The van der Waals surface area contributed by atoms with E-state index in [2.05, 4.69) is 46.9 Å². The van der Waals surface area contributed by atoms with Crippen LogP contribution in [0.15, 0.2) is 0 Å². The second-order valence-corrected chi connectivity index (χ2v) is 6.38. The molecule has 0 saturated carbocycles. The maximum atomic E-state index is 5.87. The fraction of sp³-hybridized carbons (Fsp3) is 1.00.